The molecule has 364 valence electrons. The molecule has 67 heavy (non-hydrogen) atoms. The number of halogens is 2. The molecular weight excluding hydrogens is 891 g/mol. The molecule has 3 N–H and O–H groups in total. The Morgan fingerprint density at radius 2 is 1.76 bits per heavy atom. The first-order chi connectivity index (χ1) is 31.5. The first kappa shape index (κ1) is 49.3. The quantitative estimate of drug-likeness (QED) is 0.151. The predicted octanol–water partition coefficient (Wildman–Crippen LogP) is 6.86. The lowest BCUT2D eigenvalue weighted by molar-refractivity contribution is -0.152. The van der Waals surface area contributed by atoms with Crippen molar-refractivity contribution in [3.8, 4) is 28.8 Å². The Balaban J connectivity index is 1.27. The van der Waals surface area contributed by atoms with Gasteiger partial charge in [0.15, 0.2) is 5.60 Å². The van der Waals surface area contributed by atoms with Gasteiger partial charge in [0.1, 0.15) is 35.2 Å². The van der Waals surface area contributed by atoms with Crippen LogP contribution in [0.1, 0.15) is 99.8 Å². The largest absolute Gasteiger partial charge is 0.497 e. The van der Waals surface area contributed by atoms with Crippen molar-refractivity contribution in [2.75, 3.05) is 13.7 Å². The van der Waals surface area contributed by atoms with Gasteiger partial charge >= 0.3 is 6.09 Å². The van der Waals surface area contributed by atoms with E-state index in [0.29, 0.717) is 79.1 Å². The third-order valence-electron chi connectivity index (χ3n) is 13.3. The van der Waals surface area contributed by atoms with Crippen LogP contribution in [-0.4, -0.2) is 107 Å². The topological polar surface area (TPSA) is 204 Å². The molecule has 2 aliphatic carbocycles. The van der Waals surface area contributed by atoms with Gasteiger partial charge in [0.05, 0.1) is 42.6 Å². The highest BCUT2D eigenvalue weighted by Gasteiger charge is 2.62. The number of alkyl carbamates (subject to hydrolysis) is 1. The summed E-state index contributed by atoms with van der Waals surface area (Å²) in [5.41, 5.74) is -2.93. The molecule has 16 nitrogen and oxygen atoms in total. The van der Waals surface area contributed by atoms with Gasteiger partial charge in [-0.2, -0.15) is 0 Å². The maximum Gasteiger partial charge on any atom is 0.408 e. The van der Waals surface area contributed by atoms with Gasteiger partial charge in [0.25, 0.3) is 11.8 Å². The molecule has 2 aliphatic heterocycles. The highest BCUT2D eigenvalue weighted by atomic mass is 32.2. The second-order valence-corrected chi connectivity index (χ2v) is 21.3. The van der Waals surface area contributed by atoms with Gasteiger partial charge < -0.3 is 34.5 Å². The van der Waals surface area contributed by atoms with Gasteiger partial charge in [0.2, 0.25) is 27.7 Å². The molecule has 0 unspecified atom stereocenters. The fourth-order valence-corrected chi connectivity index (χ4v) is 10.1. The molecule has 0 bridgehead atoms. The lowest BCUT2D eigenvalue weighted by atomic mass is 9.85. The molecule has 0 radical (unpaired) electrons. The Morgan fingerprint density at radius 3 is 2.40 bits per heavy atom. The number of ether oxygens (including phenoxy) is 4. The number of alkyl halides is 2. The van der Waals surface area contributed by atoms with Crippen LogP contribution in [0.5, 0.6) is 17.4 Å². The summed E-state index contributed by atoms with van der Waals surface area (Å²) in [6, 6.07) is 8.05. The average molecular weight is 953 g/mol. The first-order valence-electron chi connectivity index (χ1n) is 23.0. The number of carbonyl (C=O) groups excluding carboxylic acids is 4. The minimum Gasteiger partial charge on any atom is -0.497 e. The van der Waals surface area contributed by atoms with E-state index in [1.54, 1.807) is 37.6 Å². The van der Waals surface area contributed by atoms with Crippen molar-refractivity contribution >= 4 is 44.6 Å². The maximum atomic E-state index is 15.2. The Bertz CT molecular complexity index is 2500. The van der Waals surface area contributed by atoms with E-state index in [-0.39, 0.29) is 37.3 Å². The molecule has 1 aromatic carbocycles. The molecule has 7 atom stereocenters. The lowest BCUT2D eigenvalue weighted by Crippen LogP contribution is -2.59. The van der Waals surface area contributed by atoms with Crippen molar-refractivity contribution < 1.29 is 55.3 Å². The fourth-order valence-electron chi connectivity index (χ4n) is 8.78. The molecule has 2 aromatic heterocycles. The Labute approximate surface area is 390 Å². The SMILES string of the molecule is CC[C@@H]1C[C@@H](C)CCC=C[C@@H]2C[C@@]2(C(=O)NS(=O)(=O)C2CC2)NC(=O)[C@@H]2C[C@@H](Oc3nc(-c4ccc(OC(C)C)cn4)cc4cc(OC)ccc34)CN2C(=O)[C@H]1NC(=O)OC(C)(C)C(C)(F)F. The van der Waals surface area contributed by atoms with Crippen molar-refractivity contribution in [3.63, 3.8) is 0 Å². The zero-order chi connectivity index (χ0) is 48.6. The Hall–Kier alpha value is -5.59. The molecule has 4 aliphatic rings. The number of nitrogens with zero attached hydrogens (tertiary/aromatic N) is 3. The van der Waals surface area contributed by atoms with E-state index in [4.69, 9.17) is 23.9 Å². The molecule has 2 saturated carbocycles. The number of sulfonamides is 1. The highest BCUT2D eigenvalue weighted by molar-refractivity contribution is 7.91. The van der Waals surface area contributed by atoms with E-state index in [0.717, 1.165) is 13.8 Å². The molecule has 1 saturated heterocycles. The van der Waals surface area contributed by atoms with Crippen LogP contribution >= 0.6 is 0 Å². The van der Waals surface area contributed by atoms with Gasteiger partial charge in [-0.15, -0.1) is 0 Å². The molecule has 3 aromatic rings. The number of pyridine rings is 2. The number of carbonyl (C=O) groups is 4. The van der Waals surface area contributed by atoms with E-state index in [2.05, 4.69) is 20.3 Å². The zero-order valence-electron chi connectivity index (χ0n) is 39.3. The van der Waals surface area contributed by atoms with Gasteiger partial charge in [-0.25, -0.2) is 27.0 Å². The molecule has 7 rings (SSSR count). The number of allylic oxidation sites excluding steroid dienone is 1. The Kier molecular flexibility index (Phi) is 14.1. The number of fused-ring (bicyclic) bond motifs is 3. The predicted molar refractivity (Wildman–Crippen MR) is 245 cm³/mol. The monoisotopic (exact) mass is 952 g/mol. The van der Waals surface area contributed by atoms with Crippen LogP contribution in [0.4, 0.5) is 13.6 Å². The van der Waals surface area contributed by atoms with Gasteiger partial charge in [-0.05, 0) is 120 Å². The smallest absolute Gasteiger partial charge is 0.408 e. The molecular formula is C48H62F2N6O10S. The standard InChI is InChI=1S/C48H62F2N6O10S/c1-9-29-20-28(4)12-10-11-13-31-24-48(31,44(59)55-67(61,62)35-16-17-35)54-41(57)39-23-34(26-56(39)43(58)40(29)53-45(60)66-46(5,6)47(7,49)50)65-42-36-18-14-32(63-8)21-30(36)22-38(52-42)37-19-15-33(25-51-37)64-27(2)3/h11,13-15,18-19,21-22,25,27-29,31,34-35,39-40H,9-10,12,16-17,20,23-24,26H2,1-8H3,(H,53,60)(H,54,57)(H,55,59)/t28-,29+,31+,34+,39-,40-,48+/m0/s1. The van der Waals surface area contributed by atoms with Crippen LogP contribution in [0.15, 0.2) is 54.7 Å². The number of aromatic nitrogens is 2. The number of nitrogens with one attached hydrogen (secondary N) is 3. The van der Waals surface area contributed by atoms with E-state index in [9.17, 15) is 31.6 Å². The third kappa shape index (κ3) is 11.1. The summed E-state index contributed by atoms with van der Waals surface area (Å²) in [5.74, 6) is -5.51. The minimum atomic E-state index is -4.00. The van der Waals surface area contributed by atoms with Crippen LogP contribution in [0.25, 0.3) is 22.2 Å². The number of rotatable bonds is 13. The second-order valence-electron chi connectivity index (χ2n) is 19.3. The summed E-state index contributed by atoms with van der Waals surface area (Å²) in [5, 5.41) is 6.06. The number of benzene rings is 1. The lowest BCUT2D eigenvalue weighted by Gasteiger charge is -2.35. The van der Waals surface area contributed by atoms with E-state index in [1.807, 2.05) is 52.0 Å². The molecule has 3 fully saturated rings. The van der Waals surface area contributed by atoms with Crippen LogP contribution in [0.2, 0.25) is 0 Å². The molecule has 4 amide bonds. The highest BCUT2D eigenvalue weighted by Crippen LogP contribution is 2.46. The summed E-state index contributed by atoms with van der Waals surface area (Å²) in [6.07, 6.45) is 6.01. The molecule has 19 heteroatoms. The average Bonchev–Trinajstić information content (AvgIpc) is 4.19. The maximum absolute atomic E-state index is 15.2. The number of hydrogen-bond donors (Lipinski definition) is 3. The summed E-state index contributed by atoms with van der Waals surface area (Å²) in [7, 11) is -2.45. The van der Waals surface area contributed by atoms with Crippen LogP contribution in [0.3, 0.4) is 0 Å². The van der Waals surface area contributed by atoms with Gasteiger partial charge in [-0.3, -0.25) is 24.1 Å². The van der Waals surface area contributed by atoms with Crippen LogP contribution < -0.4 is 29.6 Å². The van der Waals surface area contributed by atoms with Crippen molar-refractivity contribution in [3.05, 3.63) is 54.7 Å². The van der Waals surface area contributed by atoms with Crippen LogP contribution in [0, 0.1) is 17.8 Å². The normalized spacial score (nSPS) is 26.1. The molecule has 0 spiro atoms. The fraction of sp³-hybridized carbons (Fsp3) is 0.583. The summed E-state index contributed by atoms with van der Waals surface area (Å²) in [4.78, 5) is 68.4. The van der Waals surface area contributed by atoms with Crippen molar-refractivity contribution in [1.82, 2.24) is 30.2 Å². The van der Waals surface area contributed by atoms with Crippen LogP contribution in [-0.2, 0) is 29.1 Å². The number of hydrogen-bond acceptors (Lipinski definition) is 12. The van der Waals surface area contributed by atoms with E-state index < -0.39 is 86.2 Å². The minimum absolute atomic E-state index is 0.00380. The van der Waals surface area contributed by atoms with Crippen molar-refractivity contribution in [1.29, 1.82) is 0 Å². The number of amides is 4. The Morgan fingerprint density at radius 1 is 1.03 bits per heavy atom. The number of methoxy groups -OCH3 is 1. The van der Waals surface area contributed by atoms with E-state index in [1.165, 1.54) is 4.90 Å². The van der Waals surface area contributed by atoms with Gasteiger partial charge in [-0.1, -0.05) is 32.4 Å². The summed E-state index contributed by atoms with van der Waals surface area (Å²) >= 11 is 0. The molecule has 4 heterocycles. The summed E-state index contributed by atoms with van der Waals surface area (Å²) in [6.45, 7) is 10.3. The zero-order valence-corrected chi connectivity index (χ0v) is 40.1. The first-order valence-corrected chi connectivity index (χ1v) is 24.6. The van der Waals surface area contributed by atoms with Crippen molar-refractivity contribution in [2.24, 2.45) is 17.8 Å². The van der Waals surface area contributed by atoms with E-state index >= 15 is 4.79 Å². The third-order valence-corrected chi connectivity index (χ3v) is 15.1. The summed E-state index contributed by atoms with van der Waals surface area (Å²) < 4.78 is 80.8. The van der Waals surface area contributed by atoms with Gasteiger partial charge in [0, 0.05) is 24.6 Å². The second kappa shape index (κ2) is 19.2. The van der Waals surface area contributed by atoms with Crippen molar-refractivity contribution in [2.45, 2.75) is 146 Å².